The Morgan fingerprint density at radius 1 is 0.462 bits per heavy atom. The van der Waals surface area contributed by atoms with Gasteiger partial charge in [-0.05, 0) is 143 Å². The molecular weight excluding hydrogens is 776 g/mol. The van der Waals surface area contributed by atoms with Crippen LogP contribution in [0.1, 0.15) is 112 Å². The maximum absolute atomic E-state index is 5.33. The van der Waals surface area contributed by atoms with E-state index in [0.29, 0.717) is 0 Å². The SMILES string of the molecule is CC(C)=CCC/C(C)=C/CC/C(C)=C/CBr.COc1cc(Br)cc(OC)c1.COc1cc(C/C=C(\C)CC/C=C(\C)CCC=C(C)C)cc(OC)c1. The highest BCUT2D eigenvalue weighted by Gasteiger charge is 2.02. The van der Waals surface area contributed by atoms with Crippen LogP contribution in [0.3, 0.4) is 0 Å². The first-order valence-electron chi connectivity index (χ1n) is 18.3. The van der Waals surface area contributed by atoms with Gasteiger partial charge in [0, 0.05) is 21.9 Å². The molecule has 0 saturated heterocycles. The Kier molecular flexibility index (Phi) is 28.8. The van der Waals surface area contributed by atoms with Crippen molar-refractivity contribution in [3.63, 3.8) is 0 Å². The maximum atomic E-state index is 5.33. The van der Waals surface area contributed by atoms with Gasteiger partial charge in [0.15, 0.2) is 0 Å². The number of hydrogen-bond donors (Lipinski definition) is 0. The molecule has 0 amide bonds. The minimum absolute atomic E-state index is 0.788. The molecule has 2 aromatic rings. The fraction of sp³-hybridized carbons (Fsp3) is 0.478. The van der Waals surface area contributed by atoms with Crippen LogP contribution in [-0.4, -0.2) is 33.8 Å². The molecule has 2 aromatic carbocycles. The first kappa shape index (κ1) is 49.0. The van der Waals surface area contributed by atoms with E-state index >= 15 is 0 Å². The molecule has 4 nitrogen and oxygen atoms in total. The van der Waals surface area contributed by atoms with Crippen molar-refractivity contribution in [1.29, 1.82) is 0 Å². The smallest absolute Gasteiger partial charge is 0.123 e. The standard InChI is InChI=1S/C23H34O2.C15H25Br.C8H9BrO2/c1-18(2)9-7-10-19(3)11-8-12-20(4)13-14-21-15-22(24-5)17-23(16-21)25-6;1-13(2)7-5-8-14(3)9-6-10-15(4)11-12-16;1-10-7-3-6(9)4-8(5-7)11-2/h9,11,13,15-17H,7-8,10,12,14H2,1-6H3;7,9,11H,5-6,8,10,12H2,1-4H3;3-5H,1-2H3/b19-11+,20-13+;14-9+,15-11+;. The first-order valence-corrected chi connectivity index (χ1v) is 20.2. The van der Waals surface area contributed by atoms with Crippen LogP contribution in [0.2, 0.25) is 0 Å². The summed E-state index contributed by atoms with van der Waals surface area (Å²) in [6.45, 7) is 17.5. The van der Waals surface area contributed by atoms with Crippen LogP contribution in [0.5, 0.6) is 23.0 Å². The fourth-order valence-electron chi connectivity index (χ4n) is 4.86. The normalized spacial score (nSPS) is 11.7. The molecule has 0 bridgehead atoms. The predicted octanol–water partition coefficient (Wildman–Crippen LogP) is 14.9. The molecule has 52 heavy (non-hydrogen) atoms. The molecule has 0 fully saturated rings. The van der Waals surface area contributed by atoms with E-state index in [1.54, 1.807) is 28.4 Å². The second kappa shape index (κ2) is 30.5. The van der Waals surface area contributed by atoms with Gasteiger partial charge in [-0.15, -0.1) is 0 Å². The van der Waals surface area contributed by atoms with Crippen molar-refractivity contribution in [3.8, 4) is 23.0 Å². The number of hydrogen-bond acceptors (Lipinski definition) is 4. The zero-order valence-electron chi connectivity index (χ0n) is 34.4. The molecule has 0 aliphatic heterocycles. The summed E-state index contributed by atoms with van der Waals surface area (Å²) < 4.78 is 21.7. The van der Waals surface area contributed by atoms with Gasteiger partial charge in [0.25, 0.3) is 0 Å². The van der Waals surface area contributed by atoms with Gasteiger partial charge in [-0.25, -0.2) is 0 Å². The topological polar surface area (TPSA) is 36.9 Å². The average molecular weight is 845 g/mol. The predicted molar refractivity (Wildman–Crippen MR) is 235 cm³/mol. The van der Waals surface area contributed by atoms with Crippen LogP contribution in [0.4, 0.5) is 0 Å². The van der Waals surface area contributed by atoms with Crippen LogP contribution in [0, 0.1) is 0 Å². The van der Waals surface area contributed by atoms with Crippen molar-refractivity contribution >= 4 is 31.9 Å². The quantitative estimate of drug-likeness (QED) is 0.104. The van der Waals surface area contributed by atoms with Gasteiger partial charge in [0.1, 0.15) is 23.0 Å². The summed E-state index contributed by atoms with van der Waals surface area (Å²) in [5.74, 6) is 3.26. The van der Waals surface area contributed by atoms with E-state index in [-0.39, 0.29) is 0 Å². The Bertz CT molecular complexity index is 1420. The van der Waals surface area contributed by atoms with Crippen molar-refractivity contribution < 1.29 is 18.9 Å². The second-order valence-electron chi connectivity index (χ2n) is 13.5. The molecule has 0 radical (unpaired) electrons. The van der Waals surface area contributed by atoms with Crippen LogP contribution in [0.15, 0.2) is 111 Å². The lowest BCUT2D eigenvalue weighted by Gasteiger charge is -2.07. The number of halogens is 2. The van der Waals surface area contributed by atoms with E-state index in [2.05, 4.69) is 136 Å². The zero-order valence-corrected chi connectivity index (χ0v) is 37.6. The van der Waals surface area contributed by atoms with Crippen molar-refractivity contribution in [2.45, 2.75) is 113 Å². The molecular formula is C46H68Br2O4. The van der Waals surface area contributed by atoms with Crippen LogP contribution in [0.25, 0.3) is 0 Å². The molecule has 290 valence electrons. The highest BCUT2D eigenvalue weighted by molar-refractivity contribution is 9.10. The van der Waals surface area contributed by atoms with Crippen LogP contribution < -0.4 is 18.9 Å². The molecule has 0 aliphatic carbocycles. The Balaban J connectivity index is 0.000000822. The van der Waals surface area contributed by atoms with Gasteiger partial charge < -0.3 is 18.9 Å². The Morgan fingerprint density at radius 3 is 1.13 bits per heavy atom. The Morgan fingerprint density at radius 2 is 0.788 bits per heavy atom. The van der Waals surface area contributed by atoms with Crippen molar-refractivity contribution in [2.24, 2.45) is 0 Å². The highest BCUT2D eigenvalue weighted by atomic mass is 79.9. The number of methoxy groups -OCH3 is 4. The number of alkyl halides is 1. The molecule has 0 N–H and O–H groups in total. The molecule has 0 spiro atoms. The van der Waals surface area contributed by atoms with Crippen molar-refractivity contribution in [2.75, 3.05) is 33.8 Å². The summed E-state index contributed by atoms with van der Waals surface area (Å²) in [6.07, 6.45) is 24.1. The lowest BCUT2D eigenvalue weighted by molar-refractivity contribution is 0.393. The van der Waals surface area contributed by atoms with E-state index in [9.17, 15) is 0 Å². The van der Waals surface area contributed by atoms with Gasteiger partial charge in [0.05, 0.1) is 28.4 Å². The van der Waals surface area contributed by atoms with Crippen LogP contribution in [-0.2, 0) is 6.42 Å². The summed E-state index contributed by atoms with van der Waals surface area (Å²) >= 11 is 6.75. The highest BCUT2D eigenvalue weighted by Crippen LogP contribution is 2.26. The molecule has 0 aromatic heterocycles. The van der Waals surface area contributed by atoms with Gasteiger partial charge in [-0.2, -0.15) is 0 Å². The summed E-state index contributed by atoms with van der Waals surface area (Å²) in [7, 11) is 6.63. The lowest BCUT2D eigenvalue weighted by Crippen LogP contribution is -1.91. The van der Waals surface area contributed by atoms with Gasteiger partial charge in [0.2, 0.25) is 0 Å². The maximum Gasteiger partial charge on any atom is 0.123 e. The molecule has 0 aliphatic rings. The number of benzene rings is 2. The summed E-state index contributed by atoms with van der Waals surface area (Å²) in [6, 6.07) is 11.6. The van der Waals surface area contributed by atoms with E-state index in [0.717, 1.165) is 64.9 Å². The second-order valence-corrected chi connectivity index (χ2v) is 15.1. The van der Waals surface area contributed by atoms with Crippen LogP contribution >= 0.6 is 31.9 Å². The third-order valence-electron chi connectivity index (χ3n) is 8.08. The summed E-state index contributed by atoms with van der Waals surface area (Å²) in [5.41, 5.74) is 9.95. The minimum Gasteiger partial charge on any atom is -0.497 e. The molecule has 0 atom stereocenters. The first-order chi connectivity index (χ1) is 24.8. The number of ether oxygens (including phenoxy) is 4. The summed E-state index contributed by atoms with van der Waals surface area (Å²) in [4.78, 5) is 0. The van der Waals surface area contributed by atoms with E-state index < -0.39 is 0 Å². The lowest BCUT2D eigenvalue weighted by atomic mass is 10.0. The summed E-state index contributed by atoms with van der Waals surface area (Å²) in [5, 5.41) is 0.974. The molecule has 0 unspecified atom stereocenters. The Labute approximate surface area is 335 Å². The fourth-order valence-corrected chi connectivity index (χ4v) is 5.86. The largest absolute Gasteiger partial charge is 0.497 e. The van der Waals surface area contributed by atoms with Crippen molar-refractivity contribution in [3.05, 3.63) is 116 Å². The van der Waals surface area contributed by atoms with Gasteiger partial charge >= 0.3 is 0 Å². The average Bonchev–Trinajstić information content (AvgIpc) is 3.10. The minimum atomic E-state index is 0.788. The molecule has 6 heteroatoms. The van der Waals surface area contributed by atoms with Crippen molar-refractivity contribution in [1.82, 2.24) is 0 Å². The molecule has 2 rings (SSSR count). The number of rotatable bonds is 19. The van der Waals surface area contributed by atoms with E-state index in [1.165, 1.54) is 64.7 Å². The third-order valence-corrected chi connectivity index (χ3v) is 8.87. The zero-order chi connectivity index (χ0) is 39.3. The van der Waals surface area contributed by atoms with E-state index in [4.69, 9.17) is 18.9 Å². The van der Waals surface area contributed by atoms with Gasteiger partial charge in [-0.3, -0.25) is 0 Å². The van der Waals surface area contributed by atoms with Gasteiger partial charge in [-0.1, -0.05) is 102 Å². The molecule has 0 heterocycles. The Hall–Kier alpha value is -2.96. The molecule has 0 saturated carbocycles. The number of allylic oxidation sites excluding steroid dienone is 12. The monoisotopic (exact) mass is 842 g/mol. The van der Waals surface area contributed by atoms with E-state index in [1.807, 2.05) is 24.3 Å². The third kappa shape index (κ3) is 26.8.